The fourth-order valence-electron chi connectivity index (χ4n) is 1.22. The summed E-state index contributed by atoms with van der Waals surface area (Å²) in [6.45, 7) is 1.50. The predicted octanol–water partition coefficient (Wildman–Crippen LogP) is 2.51. The van der Waals surface area contributed by atoms with Gasteiger partial charge in [0.2, 0.25) is 0 Å². The van der Waals surface area contributed by atoms with E-state index in [4.69, 9.17) is 4.74 Å². The minimum atomic E-state index is -0.615. The number of nitrogens with zero attached hydrogens (tertiary/aromatic N) is 2. The van der Waals surface area contributed by atoms with Gasteiger partial charge in [0, 0.05) is 30.1 Å². The number of benzene rings is 1. The summed E-state index contributed by atoms with van der Waals surface area (Å²) in [6, 6.07) is 4.05. The molecule has 0 N–H and O–H groups in total. The molecule has 5 heteroatoms. The summed E-state index contributed by atoms with van der Waals surface area (Å²) in [4.78, 5) is 0. The van der Waals surface area contributed by atoms with E-state index in [1.165, 1.54) is 11.6 Å². The van der Waals surface area contributed by atoms with E-state index in [0.29, 0.717) is 0 Å². The molecule has 0 radical (unpaired) electrons. The van der Waals surface area contributed by atoms with Gasteiger partial charge in [0.25, 0.3) is 0 Å². The van der Waals surface area contributed by atoms with Crippen LogP contribution in [0.2, 0.25) is 0 Å². The predicted molar refractivity (Wildman–Crippen MR) is 54.0 cm³/mol. The molecular weight excluding hydrogens is 214 g/mol. The third-order valence-electron chi connectivity index (χ3n) is 2.18. The Morgan fingerprint density at radius 1 is 1.31 bits per heavy atom. The summed E-state index contributed by atoms with van der Waals surface area (Å²) >= 11 is 0. The van der Waals surface area contributed by atoms with Crippen LogP contribution < -0.4 is 4.74 Å². The lowest BCUT2D eigenvalue weighted by Gasteiger charge is -2.07. The van der Waals surface area contributed by atoms with Crippen LogP contribution in [-0.2, 0) is 6.73 Å². The molecule has 2 rings (SSSR count). The van der Waals surface area contributed by atoms with Crippen LogP contribution in [0.15, 0.2) is 30.6 Å². The minimum absolute atomic E-state index is 0.00793. The Morgan fingerprint density at radius 2 is 2.00 bits per heavy atom. The highest BCUT2D eigenvalue weighted by Crippen LogP contribution is 2.19. The maximum Gasteiger partial charge on any atom is 0.180 e. The number of rotatable bonds is 3. The highest BCUT2D eigenvalue weighted by molar-refractivity contribution is 5.29. The second-order valence-corrected chi connectivity index (χ2v) is 3.33. The zero-order valence-corrected chi connectivity index (χ0v) is 8.65. The molecule has 0 aliphatic heterocycles. The lowest BCUT2D eigenvalue weighted by Crippen LogP contribution is -2.06. The molecule has 2 aromatic rings. The number of hydrogen-bond donors (Lipinski definition) is 0. The van der Waals surface area contributed by atoms with Gasteiger partial charge in [-0.05, 0) is 13.0 Å². The molecule has 0 aliphatic rings. The maximum atomic E-state index is 13.2. The molecular formula is C11H10F2N2O. The number of hydrogen-bond acceptors (Lipinski definition) is 2. The van der Waals surface area contributed by atoms with Crippen molar-refractivity contribution in [3.8, 4) is 5.75 Å². The summed E-state index contributed by atoms with van der Waals surface area (Å²) < 4.78 is 33.0. The van der Waals surface area contributed by atoms with Crippen molar-refractivity contribution in [3.05, 3.63) is 47.8 Å². The summed E-state index contributed by atoms with van der Waals surface area (Å²) in [7, 11) is 0. The largest absolute Gasteiger partial charge is 0.471 e. The Morgan fingerprint density at radius 3 is 2.56 bits per heavy atom. The van der Waals surface area contributed by atoms with Gasteiger partial charge in [0.15, 0.2) is 6.73 Å². The highest BCUT2D eigenvalue weighted by atomic mass is 19.1. The Kier molecular flexibility index (Phi) is 2.85. The maximum absolute atomic E-state index is 13.2. The Bertz CT molecular complexity index is 460. The van der Waals surface area contributed by atoms with E-state index < -0.39 is 11.6 Å². The smallest absolute Gasteiger partial charge is 0.180 e. The van der Waals surface area contributed by atoms with Crippen LogP contribution in [-0.4, -0.2) is 9.78 Å². The first-order valence-corrected chi connectivity index (χ1v) is 4.72. The van der Waals surface area contributed by atoms with Crippen molar-refractivity contribution in [3.63, 3.8) is 0 Å². The molecule has 0 saturated carbocycles. The molecule has 0 bridgehead atoms. The molecule has 84 valence electrons. The van der Waals surface area contributed by atoms with Crippen molar-refractivity contribution in [2.45, 2.75) is 13.7 Å². The van der Waals surface area contributed by atoms with E-state index in [0.717, 1.165) is 12.1 Å². The topological polar surface area (TPSA) is 27.1 Å². The van der Waals surface area contributed by atoms with Crippen LogP contribution >= 0.6 is 0 Å². The van der Waals surface area contributed by atoms with Crippen molar-refractivity contribution in [2.24, 2.45) is 0 Å². The monoisotopic (exact) mass is 224 g/mol. The molecule has 0 atom stereocenters. The molecule has 0 spiro atoms. The van der Waals surface area contributed by atoms with Crippen LogP contribution in [0.4, 0.5) is 8.78 Å². The van der Waals surface area contributed by atoms with Crippen LogP contribution in [0.25, 0.3) is 0 Å². The zero-order chi connectivity index (χ0) is 11.5. The standard InChI is InChI=1S/C11H10F2N2O/c1-8-10(12)5-9(6-11(8)13)16-7-15-4-2-3-14-15/h2-6H,7H2,1H3. The first-order valence-electron chi connectivity index (χ1n) is 4.72. The normalized spacial score (nSPS) is 10.4. The van der Waals surface area contributed by atoms with Crippen molar-refractivity contribution in [1.29, 1.82) is 0 Å². The molecule has 1 heterocycles. The van der Waals surface area contributed by atoms with Crippen LogP contribution in [0.3, 0.4) is 0 Å². The first kappa shape index (κ1) is 10.6. The molecule has 0 fully saturated rings. The van der Waals surface area contributed by atoms with Gasteiger partial charge in [-0.1, -0.05) is 0 Å². The molecule has 1 aromatic carbocycles. The van der Waals surface area contributed by atoms with E-state index in [2.05, 4.69) is 5.10 Å². The average molecular weight is 224 g/mol. The van der Waals surface area contributed by atoms with Crippen molar-refractivity contribution < 1.29 is 13.5 Å². The quantitative estimate of drug-likeness (QED) is 0.800. The molecule has 0 amide bonds. The summed E-state index contributed by atoms with van der Waals surface area (Å²) in [5.74, 6) is -1.08. The van der Waals surface area contributed by atoms with Gasteiger partial charge >= 0.3 is 0 Å². The highest BCUT2D eigenvalue weighted by Gasteiger charge is 2.07. The van der Waals surface area contributed by atoms with E-state index >= 15 is 0 Å². The molecule has 0 aliphatic carbocycles. The van der Waals surface area contributed by atoms with Crippen LogP contribution in [0, 0.1) is 18.6 Å². The van der Waals surface area contributed by atoms with Gasteiger partial charge in [0.1, 0.15) is 17.4 Å². The van der Waals surface area contributed by atoms with Crippen LogP contribution in [0.5, 0.6) is 5.75 Å². The van der Waals surface area contributed by atoms with Crippen molar-refractivity contribution in [1.82, 2.24) is 9.78 Å². The van der Waals surface area contributed by atoms with E-state index in [1.54, 1.807) is 18.5 Å². The van der Waals surface area contributed by atoms with E-state index in [-0.39, 0.29) is 18.0 Å². The molecule has 16 heavy (non-hydrogen) atoms. The Hall–Kier alpha value is -1.91. The van der Waals surface area contributed by atoms with Gasteiger partial charge < -0.3 is 4.74 Å². The number of aromatic nitrogens is 2. The molecule has 0 unspecified atom stereocenters. The molecule has 1 aromatic heterocycles. The third kappa shape index (κ3) is 2.18. The molecule has 3 nitrogen and oxygen atoms in total. The number of halogens is 2. The second-order valence-electron chi connectivity index (χ2n) is 3.33. The van der Waals surface area contributed by atoms with E-state index in [1.807, 2.05) is 0 Å². The fraction of sp³-hybridized carbons (Fsp3) is 0.182. The number of ether oxygens (including phenoxy) is 1. The summed E-state index contributed by atoms with van der Waals surface area (Å²) in [5, 5.41) is 3.90. The second kappa shape index (κ2) is 4.30. The van der Waals surface area contributed by atoms with Crippen molar-refractivity contribution >= 4 is 0 Å². The zero-order valence-electron chi connectivity index (χ0n) is 8.65. The van der Waals surface area contributed by atoms with Gasteiger partial charge in [-0.3, -0.25) is 0 Å². The Balaban J connectivity index is 2.10. The summed E-state index contributed by atoms with van der Waals surface area (Å²) in [6.07, 6.45) is 3.29. The lowest BCUT2D eigenvalue weighted by atomic mass is 10.2. The van der Waals surface area contributed by atoms with Gasteiger partial charge in [0.05, 0.1) is 0 Å². The van der Waals surface area contributed by atoms with E-state index in [9.17, 15) is 8.78 Å². The Labute approximate surface area is 91.3 Å². The van der Waals surface area contributed by atoms with Crippen LogP contribution in [0.1, 0.15) is 5.56 Å². The third-order valence-corrected chi connectivity index (χ3v) is 2.18. The SMILES string of the molecule is Cc1c(F)cc(OCn2cccn2)cc1F. The molecule has 0 saturated heterocycles. The minimum Gasteiger partial charge on any atom is -0.471 e. The lowest BCUT2D eigenvalue weighted by molar-refractivity contribution is 0.219. The van der Waals surface area contributed by atoms with Gasteiger partial charge in [-0.2, -0.15) is 5.10 Å². The van der Waals surface area contributed by atoms with Crippen molar-refractivity contribution in [2.75, 3.05) is 0 Å². The first-order chi connectivity index (χ1) is 7.66. The average Bonchev–Trinajstić information content (AvgIpc) is 2.75. The fourth-order valence-corrected chi connectivity index (χ4v) is 1.22. The van der Waals surface area contributed by atoms with Gasteiger partial charge in [-0.15, -0.1) is 0 Å². The summed E-state index contributed by atoms with van der Waals surface area (Å²) in [5.41, 5.74) is -0.00793. The van der Waals surface area contributed by atoms with Gasteiger partial charge in [-0.25, -0.2) is 13.5 Å².